The Morgan fingerprint density at radius 1 is 0.600 bits per heavy atom. The normalized spacial score (nSPS) is 12.6. The third-order valence-corrected chi connectivity index (χ3v) is 8.43. The van der Waals surface area contributed by atoms with E-state index >= 15 is 0 Å². The van der Waals surface area contributed by atoms with E-state index in [1.54, 1.807) is 14.2 Å². The highest BCUT2D eigenvalue weighted by Gasteiger charge is 2.37. The van der Waals surface area contributed by atoms with Crippen molar-refractivity contribution in [1.82, 2.24) is 0 Å². The molecule has 1 N–H and O–H groups in total. The minimum Gasteiger partial charge on any atom is -0.497 e. The SMILES string of the molecule is CCCCCC=CCC=CCCCCCCCC(O)CCOC(c1ccccc1)(c1ccc(OC)cc1)c1ccc(OC)cc1. The molecule has 0 aromatic heterocycles. The van der Waals surface area contributed by atoms with E-state index in [-0.39, 0.29) is 6.10 Å². The van der Waals surface area contributed by atoms with Gasteiger partial charge in [0.15, 0.2) is 0 Å². The molecule has 0 radical (unpaired) electrons. The first-order chi connectivity index (χ1) is 22.1. The lowest BCUT2D eigenvalue weighted by Gasteiger charge is -2.36. The number of allylic oxidation sites excluding steroid dienone is 4. The number of rotatable bonds is 23. The summed E-state index contributed by atoms with van der Waals surface area (Å²) in [4.78, 5) is 0. The fraction of sp³-hybridized carbons (Fsp3) is 0.463. The van der Waals surface area contributed by atoms with Crippen molar-refractivity contribution in [2.75, 3.05) is 20.8 Å². The molecule has 3 aromatic rings. The van der Waals surface area contributed by atoms with Crippen molar-refractivity contribution in [3.05, 3.63) is 120 Å². The molecule has 3 rings (SSSR count). The number of hydrogen-bond donors (Lipinski definition) is 1. The van der Waals surface area contributed by atoms with Crippen LogP contribution < -0.4 is 9.47 Å². The van der Waals surface area contributed by atoms with Crippen LogP contribution in [0.4, 0.5) is 0 Å². The van der Waals surface area contributed by atoms with E-state index in [1.807, 2.05) is 42.5 Å². The summed E-state index contributed by atoms with van der Waals surface area (Å²) in [6.45, 7) is 2.67. The molecule has 244 valence electrons. The predicted molar refractivity (Wildman–Crippen MR) is 188 cm³/mol. The molecule has 4 nitrogen and oxygen atoms in total. The lowest BCUT2D eigenvalue weighted by atomic mass is 9.80. The van der Waals surface area contributed by atoms with E-state index in [1.165, 1.54) is 44.9 Å². The topological polar surface area (TPSA) is 47.9 Å². The standard InChI is InChI=1S/C41H56O4/c1-4-5-6-7-8-9-10-11-12-13-14-15-16-17-21-24-38(42)33-34-45-41(35-22-19-18-20-23-35,36-25-29-39(43-2)30-26-36)37-27-31-40(44-3)32-28-37/h8-9,11-12,18-20,22-23,25-32,38,42H,4-7,10,13-17,21,24,33-34H2,1-3H3. The Bertz CT molecular complexity index is 1170. The average molecular weight is 613 g/mol. The Balaban J connectivity index is 1.49. The van der Waals surface area contributed by atoms with Gasteiger partial charge in [-0.05, 0) is 85.9 Å². The second-order valence-corrected chi connectivity index (χ2v) is 11.8. The summed E-state index contributed by atoms with van der Waals surface area (Å²) in [5, 5.41) is 10.9. The summed E-state index contributed by atoms with van der Waals surface area (Å²) in [6.07, 6.45) is 23.5. The van der Waals surface area contributed by atoms with Crippen LogP contribution in [0.3, 0.4) is 0 Å². The summed E-state index contributed by atoms with van der Waals surface area (Å²) in [5.74, 6) is 1.59. The van der Waals surface area contributed by atoms with Crippen molar-refractivity contribution in [2.45, 2.75) is 102 Å². The molecule has 0 amide bonds. The molecule has 0 spiro atoms. The third kappa shape index (κ3) is 12.2. The van der Waals surface area contributed by atoms with Crippen LogP contribution >= 0.6 is 0 Å². The summed E-state index contributed by atoms with van der Waals surface area (Å²) in [5.41, 5.74) is 2.19. The number of aliphatic hydroxyl groups is 1. The van der Waals surface area contributed by atoms with Gasteiger partial charge in [0, 0.05) is 0 Å². The molecule has 4 heteroatoms. The molecule has 0 aliphatic carbocycles. The van der Waals surface area contributed by atoms with Crippen LogP contribution in [0.5, 0.6) is 11.5 Å². The number of unbranched alkanes of at least 4 members (excludes halogenated alkanes) is 8. The maximum Gasteiger partial charge on any atom is 0.143 e. The Hall–Kier alpha value is -3.34. The molecule has 0 aliphatic heterocycles. The van der Waals surface area contributed by atoms with Gasteiger partial charge >= 0.3 is 0 Å². The van der Waals surface area contributed by atoms with Crippen LogP contribution in [0.1, 0.15) is 107 Å². The molecule has 3 aromatic carbocycles. The molecule has 1 atom stereocenters. The number of ether oxygens (including phenoxy) is 3. The average Bonchev–Trinajstić information content (AvgIpc) is 3.09. The van der Waals surface area contributed by atoms with Crippen molar-refractivity contribution < 1.29 is 19.3 Å². The summed E-state index contributed by atoms with van der Waals surface area (Å²) in [7, 11) is 3.35. The van der Waals surface area contributed by atoms with Gasteiger partial charge in [0.25, 0.3) is 0 Å². The Labute approximate surface area is 273 Å². The van der Waals surface area contributed by atoms with E-state index < -0.39 is 5.60 Å². The summed E-state index contributed by atoms with van der Waals surface area (Å²) >= 11 is 0. The van der Waals surface area contributed by atoms with Crippen molar-refractivity contribution >= 4 is 0 Å². The molecular weight excluding hydrogens is 556 g/mol. The maximum atomic E-state index is 10.9. The highest BCUT2D eigenvalue weighted by molar-refractivity contribution is 5.49. The zero-order valence-electron chi connectivity index (χ0n) is 28.0. The van der Waals surface area contributed by atoms with Gasteiger partial charge in [0.05, 0.1) is 26.9 Å². The fourth-order valence-electron chi connectivity index (χ4n) is 5.76. The highest BCUT2D eigenvalue weighted by atomic mass is 16.5. The van der Waals surface area contributed by atoms with E-state index in [0.717, 1.165) is 60.3 Å². The number of aliphatic hydroxyl groups excluding tert-OH is 1. The first kappa shape index (κ1) is 36.1. The van der Waals surface area contributed by atoms with E-state index in [0.29, 0.717) is 13.0 Å². The molecule has 0 fully saturated rings. The van der Waals surface area contributed by atoms with Gasteiger partial charge < -0.3 is 19.3 Å². The molecule has 0 heterocycles. The van der Waals surface area contributed by atoms with Crippen molar-refractivity contribution in [1.29, 1.82) is 0 Å². The van der Waals surface area contributed by atoms with Gasteiger partial charge in [-0.25, -0.2) is 0 Å². The van der Waals surface area contributed by atoms with Crippen LogP contribution in [0.2, 0.25) is 0 Å². The molecular formula is C41H56O4. The van der Waals surface area contributed by atoms with Crippen LogP contribution in [0, 0.1) is 0 Å². The molecule has 0 saturated carbocycles. The number of benzene rings is 3. The van der Waals surface area contributed by atoms with Crippen LogP contribution in [-0.2, 0) is 10.3 Å². The highest BCUT2D eigenvalue weighted by Crippen LogP contribution is 2.41. The summed E-state index contributed by atoms with van der Waals surface area (Å²) in [6, 6.07) is 26.5. The van der Waals surface area contributed by atoms with Crippen LogP contribution in [-0.4, -0.2) is 32.0 Å². The van der Waals surface area contributed by atoms with Crippen molar-refractivity contribution in [3.63, 3.8) is 0 Å². The predicted octanol–water partition coefficient (Wildman–Crippen LogP) is 10.6. The molecule has 0 aliphatic rings. The van der Waals surface area contributed by atoms with Gasteiger partial charge in [-0.15, -0.1) is 0 Å². The minimum absolute atomic E-state index is 0.386. The minimum atomic E-state index is -0.848. The molecule has 1 unspecified atom stereocenters. The Morgan fingerprint density at radius 2 is 1.11 bits per heavy atom. The zero-order valence-corrected chi connectivity index (χ0v) is 28.0. The largest absolute Gasteiger partial charge is 0.497 e. The molecule has 0 bridgehead atoms. The number of methoxy groups -OCH3 is 2. The smallest absolute Gasteiger partial charge is 0.143 e. The van der Waals surface area contributed by atoms with Crippen LogP contribution in [0.15, 0.2) is 103 Å². The zero-order chi connectivity index (χ0) is 32.0. The monoisotopic (exact) mass is 612 g/mol. The fourth-order valence-corrected chi connectivity index (χ4v) is 5.76. The Kier molecular flexibility index (Phi) is 17.2. The second-order valence-electron chi connectivity index (χ2n) is 11.8. The van der Waals surface area contributed by atoms with Gasteiger partial charge in [-0.1, -0.05) is 124 Å². The van der Waals surface area contributed by atoms with Crippen molar-refractivity contribution in [2.24, 2.45) is 0 Å². The van der Waals surface area contributed by atoms with Crippen molar-refractivity contribution in [3.8, 4) is 11.5 Å². The second kappa shape index (κ2) is 21.4. The lowest BCUT2D eigenvalue weighted by molar-refractivity contribution is -0.00664. The van der Waals surface area contributed by atoms with Gasteiger partial charge in [0.1, 0.15) is 17.1 Å². The lowest BCUT2D eigenvalue weighted by Crippen LogP contribution is -2.34. The van der Waals surface area contributed by atoms with Gasteiger partial charge in [-0.2, -0.15) is 0 Å². The van der Waals surface area contributed by atoms with Gasteiger partial charge in [-0.3, -0.25) is 0 Å². The third-order valence-electron chi connectivity index (χ3n) is 8.43. The van der Waals surface area contributed by atoms with E-state index in [4.69, 9.17) is 14.2 Å². The first-order valence-corrected chi connectivity index (χ1v) is 17.1. The van der Waals surface area contributed by atoms with Crippen LogP contribution in [0.25, 0.3) is 0 Å². The summed E-state index contributed by atoms with van der Waals surface area (Å²) < 4.78 is 17.8. The van der Waals surface area contributed by atoms with E-state index in [2.05, 4.69) is 67.6 Å². The quantitative estimate of drug-likeness (QED) is 0.0657. The number of hydrogen-bond acceptors (Lipinski definition) is 4. The molecule has 45 heavy (non-hydrogen) atoms. The van der Waals surface area contributed by atoms with Gasteiger partial charge in [0.2, 0.25) is 0 Å². The first-order valence-electron chi connectivity index (χ1n) is 17.1. The maximum absolute atomic E-state index is 10.9. The molecule has 0 saturated heterocycles. The Morgan fingerprint density at radius 3 is 1.67 bits per heavy atom. The van der Waals surface area contributed by atoms with E-state index in [9.17, 15) is 5.11 Å².